The lowest BCUT2D eigenvalue weighted by molar-refractivity contribution is -0.142. The highest BCUT2D eigenvalue weighted by atomic mass is 16.4. The van der Waals surface area contributed by atoms with E-state index in [1.54, 1.807) is 18.3 Å². The number of carbonyl (C=O) groups is 4. The van der Waals surface area contributed by atoms with E-state index in [0.717, 1.165) is 16.5 Å². The number of aromatic nitrogens is 1. The van der Waals surface area contributed by atoms with Gasteiger partial charge in [0.2, 0.25) is 17.7 Å². The molecule has 44 heavy (non-hydrogen) atoms. The summed E-state index contributed by atoms with van der Waals surface area (Å²) in [5.74, 6) is -2.96. The van der Waals surface area contributed by atoms with Crippen LogP contribution in [0.15, 0.2) is 54.7 Å². The molecule has 0 radical (unpaired) electrons. The van der Waals surface area contributed by atoms with Crippen LogP contribution in [0.3, 0.4) is 0 Å². The van der Waals surface area contributed by atoms with Crippen molar-refractivity contribution in [3.05, 3.63) is 65.9 Å². The summed E-state index contributed by atoms with van der Waals surface area (Å²) in [6.45, 7) is 4.18. The number of benzene rings is 2. The highest BCUT2D eigenvalue weighted by molar-refractivity contribution is 5.95. The number of H-pyrrole nitrogens is 1. The van der Waals surface area contributed by atoms with Crippen LogP contribution in [-0.4, -0.2) is 69.6 Å². The zero-order valence-corrected chi connectivity index (χ0v) is 25.2. The molecule has 1 heterocycles. The zero-order valence-electron chi connectivity index (χ0n) is 25.2. The predicted molar refractivity (Wildman–Crippen MR) is 168 cm³/mol. The molecule has 12 nitrogen and oxygen atoms in total. The SMILES string of the molecule is CC(C)CC(NC(=O)C(Cc1c[nH]c2ccccc12)NC(=O)C(Cc1ccc(O)cc1)NC(=O)C(N)CCCCN)C(=O)O. The monoisotopic (exact) mass is 608 g/mol. The van der Waals surface area contributed by atoms with E-state index in [4.69, 9.17) is 11.5 Å². The molecule has 3 aromatic rings. The van der Waals surface area contributed by atoms with Gasteiger partial charge in [-0.25, -0.2) is 4.79 Å². The van der Waals surface area contributed by atoms with Crippen LogP contribution >= 0.6 is 0 Å². The number of unbranched alkanes of at least 4 members (excludes halogenated alkanes) is 1. The Balaban J connectivity index is 1.88. The maximum atomic E-state index is 13.8. The van der Waals surface area contributed by atoms with Crippen molar-refractivity contribution in [2.45, 2.75) is 76.5 Å². The van der Waals surface area contributed by atoms with Crippen LogP contribution < -0.4 is 27.4 Å². The van der Waals surface area contributed by atoms with Gasteiger partial charge >= 0.3 is 5.97 Å². The first-order valence-electron chi connectivity index (χ1n) is 14.9. The molecule has 0 saturated carbocycles. The van der Waals surface area contributed by atoms with Gasteiger partial charge in [-0.05, 0) is 61.1 Å². The van der Waals surface area contributed by atoms with Crippen molar-refractivity contribution in [1.29, 1.82) is 0 Å². The number of fused-ring (bicyclic) bond motifs is 1. The van der Waals surface area contributed by atoms with Crippen LogP contribution in [0.1, 0.15) is 50.7 Å². The van der Waals surface area contributed by atoms with Crippen LogP contribution in [-0.2, 0) is 32.0 Å². The summed E-state index contributed by atoms with van der Waals surface area (Å²) in [5, 5.41) is 28.4. The summed E-state index contributed by atoms with van der Waals surface area (Å²) < 4.78 is 0. The second-order valence-corrected chi connectivity index (χ2v) is 11.5. The number of phenolic OH excluding ortho intramolecular Hbond substituents is 1. The summed E-state index contributed by atoms with van der Waals surface area (Å²) in [7, 11) is 0. The van der Waals surface area contributed by atoms with Gasteiger partial charge in [-0.1, -0.05) is 50.6 Å². The number of phenols is 1. The molecule has 10 N–H and O–H groups in total. The van der Waals surface area contributed by atoms with Crippen LogP contribution in [0.2, 0.25) is 0 Å². The first-order chi connectivity index (χ1) is 21.0. The minimum Gasteiger partial charge on any atom is -0.508 e. The first kappa shape index (κ1) is 34.1. The lowest BCUT2D eigenvalue weighted by Crippen LogP contribution is -2.58. The highest BCUT2D eigenvalue weighted by Gasteiger charge is 2.31. The summed E-state index contributed by atoms with van der Waals surface area (Å²) in [6, 6.07) is 9.41. The number of aliphatic carboxylic acids is 1. The average molecular weight is 609 g/mol. The molecular formula is C32H44N6O6. The van der Waals surface area contributed by atoms with Gasteiger partial charge in [-0.2, -0.15) is 0 Å². The maximum Gasteiger partial charge on any atom is 0.326 e. The molecule has 3 amide bonds. The predicted octanol–water partition coefficient (Wildman–Crippen LogP) is 1.70. The second kappa shape index (κ2) is 16.4. The van der Waals surface area contributed by atoms with Gasteiger partial charge in [0.15, 0.2) is 0 Å². The Morgan fingerprint density at radius 3 is 2.09 bits per heavy atom. The molecule has 4 atom stereocenters. The fourth-order valence-corrected chi connectivity index (χ4v) is 4.96. The Morgan fingerprint density at radius 2 is 1.45 bits per heavy atom. The molecule has 1 aromatic heterocycles. The molecule has 3 rings (SSSR count). The number of aromatic amines is 1. The quantitative estimate of drug-likeness (QED) is 0.105. The normalized spacial score (nSPS) is 14.0. The molecule has 2 aromatic carbocycles. The number of nitrogens with two attached hydrogens (primary N) is 2. The van der Waals surface area contributed by atoms with E-state index in [2.05, 4.69) is 20.9 Å². The van der Waals surface area contributed by atoms with Gasteiger partial charge in [0, 0.05) is 29.9 Å². The number of hydrogen-bond donors (Lipinski definition) is 8. The van der Waals surface area contributed by atoms with E-state index in [1.165, 1.54) is 12.1 Å². The minimum atomic E-state index is -1.18. The number of carboxylic acids is 1. The molecule has 4 unspecified atom stereocenters. The van der Waals surface area contributed by atoms with Crippen molar-refractivity contribution in [3.8, 4) is 5.75 Å². The molecule has 238 valence electrons. The third-order valence-corrected chi connectivity index (χ3v) is 7.37. The largest absolute Gasteiger partial charge is 0.508 e. The summed E-state index contributed by atoms with van der Waals surface area (Å²) in [5.41, 5.74) is 13.9. The van der Waals surface area contributed by atoms with Crippen LogP contribution in [0, 0.1) is 5.92 Å². The number of carbonyl (C=O) groups excluding carboxylic acids is 3. The average Bonchev–Trinajstić information content (AvgIpc) is 3.39. The van der Waals surface area contributed by atoms with Gasteiger partial charge in [0.1, 0.15) is 23.9 Å². The molecule has 0 spiro atoms. The van der Waals surface area contributed by atoms with Crippen LogP contribution in [0.5, 0.6) is 5.75 Å². The van der Waals surface area contributed by atoms with Gasteiger partial charge in [0.05, 0.1) is 6.04 Å². The Hall–Kier alpha value is -4.42. The first-order valence-corrected chi connectivity index (χ1v) is 14.9. The third-order valence-electron chi connectivity index (χ3n) is 7.37. The lowest BCUT2D eigenvalue weighted by Gasteiger charge is -2.26. The Labute approximate surface area is 257 Å². The van der Waals surface area contributed by atoms with Crippen molar-refractivity contribution < 1.29 is 29.4 Å². The smallest absolute Gasteiger partial charge is 0.326 e. The number of hydrogen-bond acceptors (Lipinski definition) is 7. The molecule has 12 heteroatoms. The number of carboxylic acid groups (broad SMARTS) is 1. The van der Waals surface area contributed by atoms with Crippen molar-refractivity contribution in [2.75, 3.05) is 6.54 Å². The number of para-hydroxylation sites is 1. The Kier molecular flexibility index (Phi) is 12.7. The summed E-state index contributed by atoms with van der Waals surface area (Å²) >= 11 is 0. The van der Waals surface area contributed by atoms with E-state index in [1.807, 2.05) is 38.1 Å². The maximum absolute atomic E-state index is 13.8. The fraction of sp³-hybridized carbons (Fsp3) is 0.438. The number of amides is 3. The van der Waals surface area contributed by atoms with Crippen LogP contribution in [0.4, 0.5) is 0 Å². The van der Waals surface area contributed by atoms with Gasteiger partial charge in [-0.15, -0.1) is 0 Å². The third kappa shape index (κ3) is 10.1. The van der Waals surface area contributed by atoms with E-state index in [0.29, 0.717) is 31.4 Å². The van der Waals surface area contributed by atoms with Gasteiger partial charge in [-0.3, -0.25) is 14.4 Å². The van der Waals surface area contributed by atoms with Gasteiger partial charge < -0.3 is 42.6 Å². The van der Waals surface area contributed by atoms with Crippen molar-refractivity contribution in [3.63, 3.8) is 0 Å². The molecule has 0 fully saturated rings. The van der Waals surface area contributed by atoms with Crippen molar-refractivity contribution in [2.24, 2.45) is 17.4 Å². The Morgan fingerprint density at radius 1 is 0.841 bits per heavy atom. The van der Waals surface area contributed by atoms with E-state index in [-0.39, 0.29) is 30.9 Å². The molecule has 0 aliphatic rings. The summed E-state index contributed by atoms with van der Waals surface area (Å²) in [6.07, 6.45) is 3.81. The standard InChI is InChI=1S/C32H44N6O6/c1-19(2)15-28(32(43)44)38-31(42)27(17-21-18-35-25-9-4-3-7-23(21)25)37-30(41)26(16-20-10-12-22(39)13-11-20)36-29(40)24(34)8-5-6-14-33/h3-4,7,9-13,18-19,24,26-28,35,39H,5-6,8,14-17,33-34H2,1-2H3,(H,36,40)(H,37,41)(H,38,42)(H,43,44). The lowest BCUT2D eigenvalue weighted by atomic mass is 10.00. The molecule has 0 bridgehead atoms. The van der Waals surface area contributed by atoms with Crippen molar-refractivity contribution in [1.82, 2.24) is 20.9 Å². The fourth-order valence-electron chi connectivity index (χ4n) is 4.96. The topological polar surface area (TPSA) is 213 Å². The zero-order chi connectivity index (χ0) is 32.2. The Bertz CT molecular complexity index is 1410. The van der Waals surface area contributed by atoms with E-state index >= 15 is 0 Å². The minimum absolute atomic E-state index is 0.00276. The second-order valence-electron chi connectivity index (χ2n) is 11.5. The highest BCUT2D eigenvalue weighted by Crippen LogP contribution is 2.20. The van der Waals surface area contributed by atoms with E-state index in [9.17, 15) is 29.4 Å². The number of aromatic hydroxyl groups is 1. The van der Waals surface area contributed by atoms with E-state index < -0.39 is 47.9 Å². The molecular weight excluding hydrogens is 564 g/mol. The summed E-state index contributed by atoms with van der Waals surface area (Å²) in [4.78, 5) is 55.5. The number of rotatable bonds is 17. The molecule has 0 aliphatic carbocycles. The number of nitrogens with one attached hydrogen (secondary N) is 4. The van der Waals surface area contributed by atoms with Crippen molar-refractivity contribution >= 4 is 34.6 Å². The van der Waals surface area contributed by atoms with Gasteiger partial charge in [0.25, 0.3) is 0 Å². The van der Waals surface area contributed by atoms with Crippen LogP contribution in [0.25, 0.3) is 10.9 Å². The molecule has 0 aliphatic heterocycles. The molecule has 0 saturated heterocycles.